The minimum atomic E-state index is -0.335. The van der Waals surface area contributed by atoms with Crippen LogP contribution < -0.4 is 9.64 Å². The summed E-state index contributed by atoms with van der Waals surface area (Å²) in [5.41, 5.74) is 0.848. The fourth-order valence-electron chi connectivity index (χ4n) is 1.62. The first-order valence-corrected chi connectivity index (χ1v) is 4.82. The lowest BCUT2D eigenvalue weighted by molar-refractivity contribution is -0.120. The van der Waals surface area contributed by atoms with Gasteiger partial charge in [0.2, 0.25) is 5.91 Å². The van der Waals surface area contributed by atoms with Crippen molar-refractivity contribution in [3.63, 3.8) is 0 Å². The Labute approximate surface area is 93.1 Å². The van der Waals surface area contributed by atoms with Gasteiger partial charge in [0.15, 0.2) is 0 Å². The summed E-state index contributed by atoms with van der Waals surface area (Å²) in [6, 6.07) is 6.82. The Kier molecular flexibility index (Phi) is 2.48. The number of nitrogens with zero attached hydrogens (tertiary/aromatic N) is 1. The van der Waals surface area contributed by atoms with E-state index < -0.39 is 0 Å². The second-order valence-corrected chi connectivity index (χ2v) is 3.52. The number of carbonyl (C=O) groups is 2. The summed E-state index contributed by atoms with van der Waals surface area (Å²) in [6.07, 6.45) is 0.0933. The third kappa shape index (κ3) is 1.58. The molecule has 0 bridgehead atoms. The number of benzene rings is 1. The number of rotatable bonds is 2. The minimum absolute atomic E-state index is 0.0933. The van der Waals surface area contributed by atoms with E-state index >= 15 is 0 Å². The predicted octanol–water partition coefficient (Wildman–Crippen LogP) is 1.51. The molecule has 2 rings (SSSR count). The molecule has 0 N–H and O–H groups in total. The summed E-state index contributed by atoms with van der Waals surface area (Å²) in [6.45, 7) is 3.56. The first-order chi connectivity index (χ1) is 7.63. The van der Waals surface area contributed by atoms with Crippen molar-refractivity contribution in [1.29, 1.82) is 0 Å². The molecule has 0 unspecified atom stereocenters. The van der Waals surface area contributed by atoms with Gasteiger partial charge in [-0.3, -0.25) is 9.59 Å². The van der Waals surface area contributed by atoms with Gasteiger partial charge in [0.05, 0.1) is 19.2 Å². The minimum Gasteiger partial charge on any atom is -0.497 e. The van der Waals surface area contributed by atoms with E-state index in [0.29, 0.717) is 17.0 Å². The van der Waals surface area contributed by atoms with Crippen LogP contribution in [0.25, 0.3) is 0 Å². The van der Waals surface area contributed by atoms with Crippen molar-refractivity contribution in [1.82, 2.24) is 0 Å². The molecule has 0 atom stereocenters. The lowest BCUT2D eigenvalue weighted by Gasteiger charge is -2.14. The number of anilines is 1. The van der Waals surface area contributed by atoms with Crippen molar-refractivity contribution < 1.29 is 14.3 Å². The Morgan fingerprint density at radius 3 is 2.69 bits per heavy atom. The van der Waals surface area contributed by atoms with Crippen LogP contribution in [-0.2, 0) is 9.59 Å². The summed E-state index contributed by atoms with van der Waals surface area (Å²) >= 11 is 0. The molecule has 82 valence electrons. The normalized spacial score (nSPS) is 15.8. The maximum atomic E-state index is 11.7. The fraction of sp³-hybridized carbons (Fsp3) is 0.167. The molecule has 1 aromatic rings. The molecule has 0 aromatic heterocycles. The highest BCUT2D eigenvalue weighted by atomic mass is 16.5. The van der Waals surface area contributed by atoms with Crippen molar-refractivity contribution in [3.05, 3.63) is 36.4 Å². The molecule has 1 saturated heterocycles. The molecule has 4 nitrogen and oxygen atoms in total. The zero-order valence-corrected chi connectivity index (χ0v) is 8.90. The number of carbonyl (C=O) groups excluding carboxylic acids is 2. The Hall–Kier alpha value is -2.10. The largest absolute Gasteiger partial charge is 0.497 e. The second-order valence-electron chi connectivity index (χ2n) is 3.52. The Bertz CT molecular complexity index is 479. The van der Waals surface area contributed by atoms with Crippen LogP contribution in [0.2, 0.25) is 0 Å². The fourth-order valence-corrected chi connectivity index (χ4v) is 1.62. The van der Waals surface area contributed by atoms with E-state index in [1.165, 1.54) is 7.11 Å². The molecule has 0 spiro atoms. The number of amides is 2. The topological polar surface area (TPSA) is 46.6 Å². The molecule has 1 aliphatic rings. The van der Waals surface area contributed by atoms with E-state index in [-0.39, 0.29) is 18.2 Å². The maximum Gasteiger partial charge on any atom is 0.260 e. The number of imide groups is 1. The van der Waals surface area contributed by atoms with E-state index in [4.69, 9.17) is 4.74 Å². The molecule has 0 aliphatic carbocycles. The Balaban J connectivity index is 2.40. The van der Waals surface area contributed by atoms with Crippen LogP contribution in [0, 0.1) is 0 Å². The van der Waals surface area contributed by atoms with E-state index in [9.17, 15) is 9.59 Å². The summed E-state index contributed by atoms with van der Waals surface area (Å²) < 4.78 is 5.04. The van der Waals surface area contributed by atoms with Crippen LogP contribution in [0.5, 0.6) is 5.75 Å². The van der Waals surface area contributed by atoms with Crippen molar-refractivity contribution >= 4 is 17.5 Å². The van der Waals surface area contributed by atoms with Gasteiger partial charge in [-0.1, -0.05) is 12.6 Å². The van der Waals surface area contributed by atoms with Crippen molar-refractivity contribution in [3.8, 4) is 5.75 Å². The summed E-state index contributed by atoms with van der Waals surface area (Å²) in [4.78, 5) is 24.4. The van der Waals surface area contributed by atoms with E-state index in [1.54, 1.807) is 24.3 Å². The van der Waals surface area contributed by atoms with E-state index in [1.807, 2.05) is 0 Å². The van der Waals surface area contributed by atoms with Crippen molar-refractivity contribution in [2.24, 2.45) is 0 Å². The Morgan fingerprint density at radius 2 is 2.12 bits per heavy atom. The number of methoxy groups -OCH3 is 1. The highest BCUT2D eigenvalue weighted by Gasteiger charge is 2.33. The van der Waals surface area contributed by atoms with E-state index in [0.717, 1.165) is 4.90 Å². The van der Waals surface area contributed by atoms with Crippen molar-refractivity contribution in [2.75, 3.05) is 12.0 Å². The summed E-state index contributed by atoms with van der Waals surface area (Å²) in [5, 5.41) is 0. The molecule has 4 heteroatoms. The van der Waals surface area contributed by atoms with Crippen LogP contribution in [0.4, 0.5) is 5.69 Å². The summed E-state index contributed by atoms with van der Waals surface area (Å²) in [5.74, 6) is 0.0251. The van der Waals surface area contributed by atoms with Gasteiger partial charge in [-0.2, -0.15) is 0 Å². The SMILES string of the molecule is C=C1CC(=O)N(c2cccc(OC)c2)C1=O. The maximum absolute atomic E-state index is 11.7. The smallest absolute Gasteiger partial charge is 0.260 e. The molecule has 1 aliphatic heterocycles. The van der Waals surface area contributed by atoms with Gasteiger partial charge >= 0.3 is 0 Å². The number of hydrogen-bond donors (Lipinski definition) is 0. The third-order valence-corrected chi connectivity index (χ3v) is 2.43. The molecule has 0 saturated carbocycles. The van der Waals surface area contributed by atoms with Gasteiger partial charge in [0, 0.05) is 11.6 Å². The van der Waals surface area contributed by atoms with Gasteiger partial charge < -0.3 is 4.74 Å². The molecule has 1 heterocycles. The van der Waals surface area contributed by atoms with Crippen LogP contribution >= 0.6 is 0 Å². The van der Waals surface area contributed by atoms with Crippen LogP contribution in [0.15, 0.2) is 36.4 Å². The lowest BCUT2D eigenvalue weighted by Crippen LogP contribution is -2.28. The Morgan fingerprint density at radius 1 is 1.38 bits per heavy atom. The van der Waals surface area contributed by atoms with Crippen LogP contribution in [-0.4, -0.2) is 18.9 Å². The zero-order valence-electron chi connectivity index (χ0n) is 8.90. The van der Waals surface area contributed by atoms with Gasteiger partial charge in [-0.05, 0) is 12.1 Å². The second kappa shape index (κ2) is 3.81. The quantitative estimate of drug-likeness (QED) is 0.557. The van der Waals surface area contributed by atoms with Gasteiger partial charge in [-0.15, -0.1) is 0 Å². The average molecular weight is 217 g/mol. The average Bonchev–Trinajstić information content (AvgIpc) is 2.53. The van der Waals surface area contributed by atoms with Gasteiger partial charge in [-0.25, -0.2) is 4.90 Å². The van der Waals surface area contributed by atoms with Gasteiger partial charge in [0.25, 0.3) is 5.91 Å². The summed E-state index contributed by atoms with van der Waals surface area (Å²) in [7, 11) is 1.53. The third-order valence-electron chi connectivity index (χ3n) is 2.43. The molecular weight excluding hydrogens is 206 g/mol. The standard InChI is InChI=1S/C12H11NO3/c1-8-6-11(14)13(12(8)15)9-4-3-5-10(7-9)16-2/h3-5,7H,1,6H2,2H3. The molecule has 2 amide bonds. The molecule has 16 heavy (non-hydrogen) atoms. The first-order valence-electron chi connectivity index (χ1n) is 4.82. The van der Waals surface area contributed by atoms with Crippen LogP contribution in [0.1, 0.15) is 6.42 Å². The highest BCUT2D eigenvalue weighted by molar-refractivity contribution is 6.27. The number of ether oxygens (including phenoxy) is 1. The van der Waals surface area contributed by atoms with E-state index in [2.05, 4.69) is 6.58 Å². The number of hydrogen-bond acceptors (Lipinski definition) is 3. The van der Waals surface area contributed by atoms with Crippen LogP contribution in [0.3, 0.4) is 0 Å². The monoisotopic (exact) mass is 217 g/mol. The molecule has 0 radical (unpaired) electrons. The predicted molar refractivity (Wildman–Crippen MR) is 59.2 cm³/mol. The molecule has 1 aromatic carbocycles. The van der Waals surface area contributed by atoms with Gasteiger partial charge in [0.1, 0.15) is 5.75 Å². The van der Waals surface area contributed by atoms with Crippen molar-refractivity contribution in [2.45, 2.75) is 6.42 Å². The first kappa shape index (κ1) is 10.4. The highest BCUT2D eigenvalue weighted by Crippen LogP contribution is 2.27. The lowest BCUT2D eigenvalue weighted by atomic mass is 10.2. The molecule has 1 fully saturated rings. The zero-order chi connectivity index (χ0) is 11.7. The molecular formula is C12H11NO3.